The summed E-state index contributed by atoms with van der Waals surface area (Å²) in [4.78, 5) is 14.3. The summed E-state index contributed by atoms with van der Waals surface area (Å²) in [6.45, 7) is 3.03. The zero-order chi connectivity index (χ0) is 20.6. The van der Waals surface area contributed by atoms with Crippen molar-refractivity contribution in [2.75, 3.05) is 20.8 Å². The number of aryl methyl sites for hydroxylation is 1. The van der Waals surface area contributed by atoms with Crippen molar-refractivity contribution in [2.24, 2.45) is 0 Å². The molecule has 6 nitrogen and oxygen atoms in total. The molecule has 3 aromatic rings. The number of aromatic nitrogens is 2. The van der Waals surface area contributed by atoms with Gasteiger partial charge in [-0.2, -0.15) is 5.10 Å². The molecule has 0 unspecified atom stereocenters. The third-order valence-electron chi connectivity index (χ3n) is 4.66. The van der Waals surface area contributed by atoms with E-state index in [2.05, 4.69) is 5.10 Å². The molecule has 0 atom stereocenters. The third-order valence-corrected chi connectivity index (χ3v) is 4.66. The molecule has 3 rings (SSSR count). The Bertz CT molecular complexity index is 938. The van der Waals surface area contributed by atoms with Crippen LogP contribution >= 0.6 is 0 Å². The number of hydrogen-bond acceptors (Lipinski definition) is 4. The van der Waals surface area contributed by atoms with Crippen molar-refractivity contribution in [1.29, 1.82) is 0 Å². The molecule has 6 heteroatoms. The van der Waals surface area contributed by atoms with Gasteiger partial charge in [-0.15, -0.1) is 0 Å². The first-order valence-corrected chi connectivity index (χ1v) is 9.73. The normalized spacial score (nSPS) is 10.6. The summed E-state index contributed by atoms with van der Waals surface area (Å²) in [5, 5.41) is 4.39. The van der Waals surface area contributed by atoms with Crippen LogP contribution in [0.5, 0.6) is 11.5 Å². The molecule has 0 fully saturated rings. The highest BCUT2D eigenvalue weighted by Crippen LogP contribution is 2.28. The Hall–Kier alpha value is -3.28. The molecular weight excluding hydrogens is 366 g/mol. The maximum atomic E-state index is 12.6. The summed E-state index contributed by atoms with van der Waals surface area (Å²) in [5.74, 6) is 1.48. The molecule has 0 N–H and O–H groups in total. The van der Waals surface area contributed by atoms with E-state index in [-0.39, 0.29) is 5.91 Å². The monoisotopic (exact) mass is 393 g/mol. The molecule has 1 heterocycles. The number of nitrogens with zero attached hydrogens (tertiary/aromatic N) is 3. The molecule has 152 valence electrons. The van der Waals surface area contributed by atoms with Crippen LogP contribution in [0.4, 0.5) is 0 Å². The summed E-state index contributed by atoms with van der Waals surface area (Å²) in [6.07, 6.45) is 4.88. The first-order valence-electron chi connectivity index (χ1n) is 9.73. The van der Waals surface area contributed by atoms with E-state index in [0.29, 0.717) is 37.5 Å². The van der Waals surface area contributed by atoms with Crippen LogP contribution < -0.4 is 9.47 Å². The van der Waals surface area contributed by atoms with Crippen LogP contribution in [0.15, 0.2) is 60.9 Å². The Balaban J connectivity index is 1.55. The first-order chi connectivity index (χ1) is 14.1. The van der Waals surface area contributed by atoms with E-state index in [4.69, 9.17) is 9.47 Å². The second-order valence-electron chi connectivity index (χ2n) is 6.80. The van der Waals surface area contributed by atoms with E-state index in [1.54, 1.807) is 12.0 Å². The highest BCUT2D eigenvalue weighted by atomic mass is 16.5. The summed E-state index contributed by atoms with van der Waals surface area (Å²) < 4.78 is 12.8. The van der Waals surface area contributed by atoms with Crippen LogP contribution in [0.1, 0.15) is 24.5 Å². The van der Waals surface area contributed by atoms with Crippen molar-refractivity contribution in [3.63, 3.8) is 0 Å². The number of ether oxygens (including phenoxy) is 2. The molecule has 0 saturated carbocycles. The number of rotatable bonds is 9. The fraction of sp³-hybridized carbons (Fsp3) is 0.304. The topological polar surface area (TPSA) is 56.6 Å². The minimum absolute atomic E-state index is 0.0883. The molecule has 0 aliphatic carbocycles. The Morgan fingerprint density at radius 2 is 1.90 bits per heavy atom. The maximum Gasteiger partial charge on any atom is 0.222 e. The standard InChI is InChI=1S/C23H27N3O3/c1-4-29-21-12-10-18(14-22(21)28-3)16-25(2)23(27)13-11-19-15-24-26(17-19)20-8-6-5-7-9-20/h5-10,12,14-15,17H,4,11,13,16H2,1-3H3. The van der Waals surface area contributed by atoms with Crippen molar-refractivity contribution in [3.8, 4) is 17.2 Å². The first kappa shape index (κ1) is 20.5. The van der Waals surface area contributed by atoms with Gasteiger partial charge in [-0.3, -0.25) is 4.79 Å². The van der Waals surface area contributed by atoms with Crippen molar-refractivity contribution in [2.45, 2.75) is 26.3 Å². The molecule has 1 aromatic heterocycles. The van der Waals surface area contributed by atoms with Crippen molar-refractivity contribution < 1.29 is 14.3 Å². The number of para-hydroxylation sites is 1. The highest BCUT2D eigenvalue weighted by molar-refractivity contribution is 5.76. The molecule has 29 heavy (non-hydrogen) atoms. The Labute approximate surface area is 171 Å². The Morgan fingerprint density at radius 1 is 1.10 bits per heavy atom. The molecule has 0 aliphatic rings. The smallest absolute Gasteiger partial charge is 0.222 e. The summed E-state index contributed by atoms with van der Waals surface area (Å²) in [5.41, 5.74) is 3.04. The Morgan fingerprint density at radius 3 is 2.62 bits per heavy atom. The van der Waals surface area contributed by atoms with E-state index >= 15 is 0 Å². The predicted octanol–water partition coefficient (Wildman–Crippen LogP) is 3.87. The minimum Gasteiger partial charge on any atom is -0.493 e. The van der Waals surface area contributed by atoms with Gasteiger partial charge in [0.05, 0.1) is 25.6 Å². The van der Waals surface area contributed by atoms with Gasteiger partial charge < -0.3 is 14.4 Å². The third kappa shape index (κ3) is 5.38. The van der Waals surface area contributed by atoms with Crippen LogP contribution in [0, 0.1) is 0 Å². The summed E-state index contributed by atoms with van der Waals surface area (Å²) in [6, 6.07) is 15.7. The fourth-order valence-electron chi connectivity index (χ4n) is 3.10. The largest absolute Gasteiger partial charge is 0.493 e. The molecule has 0 bridgehead atoms. The molecule has 0 aliphatic heterocycles. The lowest BCUT2D eigenvalue weighted by atomic mass is 10.1. The van der Waals surface area contributed by atoms with Crippen LogP contribution in [0.25, 0.3) is 5.69 Å². The predicted molar refractivity (Wildman–Crippen MR) is 113 cm³/mol. The number of carbonyl (C=O) groups is 1. The van der Waals surface area contributed by atoms with Gasteiger partial charge in [-0.05, 0) is 48.7 Å². The quantitative estimate of drug-likeness (QED) is 0.554. The number of benzene rings is 2. The number of carbonyl (C=O) groups excluding carboxylic acids is 1. The lowest BCUT2D eigenvalue weighted by Crippen LogP contribution is -2.26. The zero-order valence-corrected chi connectivity index (χ0v) is 17.2. The number of amides is 1. The van der Waals surface area contributed by atoms with Gasteiger partial charge in [0, 0.05) is 26.2 Å². The molecule has 0 saturated heterocycles. The number of hydrogen-bond donors (Lipinski definition) is 0. The second-order valence-corrected chi connectivity index (χ2v) is 6.80. The second kappa shape index (κ2) is 9.78. The van der Waals surface area contributed by atoms with E-state index < -0.39 is 0 Å². The van der Waals surface area contributed by atoms with Crippen LogP contribution in [0.3, 0.4) is 0 Å². The summed E-state index contributed by atoms with van der Waals surface area (Å²) in [7, 11) is 3.44. The molecule has 0 radical (unpaired) electrons. The lowest BCUT2D eigenvalue weighted by molar-refractivity contribution is -0.130. The highest BCUT2D eigenvalue weighted by Gasteiger charge is 2.12. The molecular formula is C23H27N3O3. The van der Waals surface area contributed by atoms with E-state index in [1.807, 2.05) is 79.6 Å². The van der Waals surface area contributed by atoms with Gasteiger partial charge >= 0.3 is 0 Å². The lowest BCUT2D eigenvalue weighted by Gasteiger charge is -2.18. The fourth-order valence-corrected chi connectivity index (χ4v) is 3.10. The summed E-state index contributed by atoms with van der Waals surface area (Å²) >= 11 is 0. The molecule has 1 amide bonds. The van der Waals surface area contributed by atoms with Gasteiger partial charge in [0.1, 0.15) is 0 Å². The van der Waals surface area contributed by atoms with Crippen LogP contribution in [0.2, 0.25) is 0 Å². The average molecular weight is 393 g/mol. The van der Waals surface area contributed by atoms with Gasteiger partial charge in [-0.25, -0.2) is 4.68 Å². The van der Waals surface area contributed by atoms with Gasteiger partial charge in [0.25, 0.3) is 0 Å². The molecule has 0 spiro atoms. The van der Waals surface area contributed by atoms with Gasteiger partial charge in [0.15, 0.2) is 11.5 Å². The van der Waals surface area contributed by atoms with Crippen molar-refractivity contribution >= 4 is 5.91 Å². The minimum atomic E-state index is 0.0883. The van der Waals surface area contributed by atoms with Crippen molar-refractivity contribution in [1.82, 2.24) is 14.7 Å². The van der Waals surface area contributed by atoms with E-state index in [1.165, 1.54) is 0 Å². The zero-order valence-electron chi connectivity index (χ0n) is 17.2. The van der Waals surface area contributed by atoms with Crippen LogP contribution in [-0.2, 0) is 17.8 Å². The maximum absolute atomic E-state index is 12.6. The van der Waals surface area contributed by atoms with E-state index in [9.17, 15) is 4.79 Å². The SMILES string of the molecule is CCOc1ccc(CN(C)C(=O)CCc2cnn(-c3ccccc3)c2)cc1OC. The Kier molecular flexibility index (Phi) is 6.89. The van der Waals surface area contributed by atoms with E-state index in [0.717, 1.165) is 16.8 Å². The number of methoxy groups -OCH3 is 1. The van der Waals surface area contributed by atoms with Gasteiger partial charge in [-0.1, -0.05) is 24.3 Å². The average Bonchev–Trinajstić information content (AvgIpc) is 3.23. The van der Waals surface area contributed by atoms with Crippen molar-refractivity contribution in [3.05, 3.63) is 72.1 Å². The van der Waals surface area contributed by atoms with Crippen LogP contribution in [-0.4, -0.2) is 41.4 Å². The van der Waals surface area contributed by atoms with Gasteiger partial charge in [0.2, 0.25) is 5.91 Å². The molecule has 2 aromatic carbocycles.